The van der Waals surface area contributed by atoms with Crippen LogP contribution < -0.4 is 5.73 Å². The van der Waals surface area contributed by atoms with E-state index in [-0.39, 0.29) is 0 Å². The molecule has 0 saturated carbocycles. The monoisotopic (exact) mass is 243 g/mol. The van der Waals surface area contributed by atoms with Gasteiger partial charge in [0.15, 0.2) is 5.78 Å². The largest absolute Gasteiger partial charge is 0.399 e. The predicted octanol–water partition coefficient (Wildman–Crippen LogP) is 3.19. The van der Waals surface area contributed by atoms with Crippen LogP contribution in [-0.2, 0) is 4.79 Å². The van der Waals surface area contributed by atoms with Crippen molar-refractivity contribution in [3.05, 3.63) is 35.9 Å². The molecular weight excluding hydrogens is 231 g/mol. The first-order valence-corrected chi connectivity index (χ1v) is 5.00. The number of rotatable bonds is 4. The molecule has 1 aromatic carbocycles. The summed E-state index contributed by atoms with van der Waals surface area (Å²) in [5, 5.41) is 0. The van der Waals surface area contributed by atoms with Crippen molar-refractivity contribution in [1.29, 1.82) is 0 Å². The molecule has 92 valence electrons. The highest BCUT2D eigenvalue weighted by atomic mass is 19.4. The topological polar surface area (TPSA) is 43.1 Å². The SMILES string of the molecule is Nc1ccc(/C=C/C(=O)CCC(F)(F)F)cc1. The molecule has 1 rings (SSSR count). The van der Waals surface area contributed by atoms with Crippen molar-refractivity contribution in [2.75, 3.05) is 5.73 Å². The van der Waals surface area contributed by atoms with Crippen molar-refractivity contribution >= 4 is 17.5 Å². The smallest absolute Gasteiger partial charge is 0.389 e. The molecule has 0 atom stereocenters. The van der Waals surface area contributed by atoms with Gasteiger partial charge in [-0.05, 0) is 23.8 Å². The third kappa shape index (κ3) is 5.75. The number of benzene rings is 1. The molecule has 0 radical (unpaired) electrons. The summed E-state index contributed by atoms with van der Waals surface area (Å²) in [6, 6.07) is 6.67. The molecule has 0 bridgehead atoms. The highest BCUT2D eigenvalue weighted by Gasteiger charge is 2.27. The van der Waals surface area contributed by atoms with Crippen LogP contribution in [0.15, 0.2) is 30.3 Å². The Morgan fingerprint density at radius 2 is 1.82 bits per heavy atom. The van der Waals surface area contributed by atoms with Crippen LogP contribution in [0, 0.1) is 0 Å². The molecule has 0 aliphatic carbocycles. The summed E-state index contributed by atoms with van der Waals surface area (Å²) in [5.41, 5.74) is 6.77. The van der Waals surface area contributed by atoms with Gasteiger partial charge in [0, 0.05) is 12.1 Å². The van der Waals surface area contributed by atoms with Crippen LogP contribution in [0.5, 0.6) is 0 Å². The number of ketones is 1. The summed E-state index contributed by atoms with van der Waals surface area (Å²) in [7, 11) is 0. The van der Waals surface area contributed by atoms with Gasteiger partial charge in [-0.1, -0.05) is 18.2 Å². The van der Waals surface area contributed by atoms with Gasteiger partial charge >= 0.3 is 6.18 Å². The summed E-state index contributed by atoms with van der Waals surface area (Å²) < 4.78 is 35.5. The Labute approximate surface area is 96.9 Å². The summed E-state index contributed by atoms with van der Waals surface area (Å²) in [5.74, 6) is -0.542. The van der Waals surface area contributed by atoms with E-state index in [0.717, 1.165) is 11.6 Å². The lowest BCUT2D eigenvalue weighted by atomic mass is 10.1. The standard InChI is InChI=1S/C12H12F3NO/c13-12(14,15)8-7-11(17)6-3-9-1-4-10(16)5-2-9/h1-6H,7-8,16H2/b6-3+. The van der Waals surface area contributed by atoms with Gasteiger partial charge in [-0.3, -0.25) is 4.79 Å². The predicted molar refractivity (Wildman–Crippen MR) is 60.2 cm³/mol. The third-order valence-electron chi connectivity index (χ3n) is 2.05. The fourth-order valence-corrected chi connectivity index (χ4v) is 1.14. The Morgan fingerprint density at radius 1 is 1.24 bits per heavy atom. The Morgan fingerprint density at radius 3 is 2.35 bits per heavy atom. The molecule has 0 aliphatic heterocycles. The fraction of sp³-hybridized carbons (Fsp3) is 0.250. The molecule has 0 saturated heterocycles. The first-order chi connectivity index (χ1) is 7.87. The number of nitrogen functional groups attached to an aromatic ring is 1. The molecular formula is C12H12F3NO. The van der Waals surface area contributed by atoms with Crippen LogP contribution in [0.4, 0.5) is 18.9 Å². The maximum Gasteiger partial charge on any atom is 0.389 e. The van der Waals surface area contributed by atoms with Gasteiger partial charge in [0.1, 0.15) is 0 Å². The average Bonchev–Trinajstić information content (AvgIpc) is 2.25. The number of nitrogens with two attached hydrogens (primary N) is 1. The van der Waals surface area contributed by atoms with E-state index in [9.17, 15) is 18.0 Å². The lowest BCUT2D eigenvalue weighted by molar-refractivity contribution is -0.141. The van der Waals surface area contributed by atoms with Gasteiger partial charge in [-0.25, -0.2) is 0 Å². The van der Waals surface area contributed by atoms with Gasteiger partial charge in [0.2, 0.25) is 0 Å². The number of alkyl halides is 3. The molecule has 0 aliphatic rings. The zero-order chi connectivity index (χ0) is 12.9. The molecule has 17 heavy (non-hydrogen) atoms. The van der Waals surface area contributed by atoms with Crippen LogP contribution in [-0.4, -0.2) is 12.0 Å². The van der Waals surface area contributed by atoms with Gasteiger partial charge in [0.05, 0.1) is 6.42 Å². The summed E-state index contributed by atoms with van der Waals surface area (Å²) >= 11 is 0. The number of allylic oxidation sites excluding steroid dienone is 1. The maximum atomic E-state index is 11.8. The van der Waals surface area contributed by atoms with Crippen molar-refractivity contribution < 1.29 is 18.0 Å². The van der Waals surface area contributed by atoms with Crippen molar-refractivity contribution in [1.82, 2.24) is 0 Å². The molecule has 0 amide bonds. The summed E-state index contributed by atoms with van der Waals surface area (Å²) in [6.45, 7) is 0. The van der Waals surface area contributed by atoms with Gasteiger partial charge in [0.25, 0.3) is 0 Å². The zero-order valence-corrected chi connectivity index (χ0v) is 9.00. The molecule has 1 aromatic rings. The Kier molecular flexibility index (Phi) is 4.31. The van der Waals surface area contributed by atoms with Crippen LogP contribution in [0.25, 0.3) is 6.08 Å². The zero-order valence-electron chi connectivity index (χ0n) is 9.00. The average molecular weight is 243 g/mol. The van der Waals surface area contributed by atoms with Gasteiger partial charge in [-0.2, -0.15) is 13.2 Å². The van der Waals surface area contributed by atoms with E-state index < -0.39 is 24.8 Å². The molecule has 0 aromatic heterocycles. The lowest BCUT2D eigenvalue weighted by Crippen LogP contribution is -2.09. The molecule has 5 heteroatoms. The molecule has 0 fully saturated rings. The van der Waals surface area contributed by atoms with E-state index in [4.69, 9.17) is 5.73 Å². The van der Waals surface area contributed by atoms with Crippen LogP contribution >= 0.6 is 0 Å². The first kappa shape index (κ1) is 13.3. The molecule has 2 nitrogen and oxygen atoms in total. The van der Waals surface area contributed by atoms with Crippen molar-refractivity contribution in [2.24, 2.45) is 0 Å². The molecule has 0 spiro atoms. The number of halogens is 3. The van der Waals surface area contributed by atoms with Crippen LogP contribution in [0.3, 0.4) is 0 Å². The Balaban J connectivity index is 2.48. The minimum Gasteiger partial charge on any atom is -0.399 e. The van der Waals surface area contributed by atoms with E-state index >= 15 is 0 Å². The normalized spacial score (nSPS) is 11.9. The van der Waals surface area contributed by atoms with E-state index in [0.29, 0.717) is 5.69 Å². The van der Waals surface area contributed by atoms with Crippen molar-refractivity contribution in [3.63, 3.8) is 0 Å². The number of hydrogen-bond donors (Lipinski definition) is 1. The van der Waals surface area contributed by atoms with E-state index in [2.05, 4.69) is 0 Å². The molecule has 2 N–H and O–H groups in total. The van der Waals surface area contributed by atoms with Crippen LogP contribution in [0.1, 0.15) is 18.4 Å². The minimum absolute atomic E-state index is 0.519. The van der Waals surface area contributed by atoms with Crippen molar-refractivity contribution in [2.45, 2.75) is 19.0 Å². The summed E-state index contributed by atoms with van der Waals surface area (Å²) in [6.07, 6.45) is -3.27. The Hall–Kier alpha value is -1.78. The highest BCUT2D eigenvalue weighted by Crippen LogP contribution is 2.21. The quantitative estimate of drug-likeness (QED) is 0.651. The second-order valence-electron chi connectivity index (χ2n) is 3.58. The molecule has 0 unspecified atom stereocenters. The van der Waals surface area contributed by atoms with Gasteiger partial charge < -0.3 is 5.73 Å². The number of hydrogen-bond acceptors (Lipinski definition) is 2. The second-order valence-corrected chi connectivity index (χ2v) is 3.58. The maximum absolute atomic E-state index is 11.8. The number of carbonyl (C=O) groups is 1. The minimum atomic E-state index is -4.29. The summed E-state index contributed by atoms with van der Waals surface area (Å²) in [4.78, 5) is 11.1. The first-order valence-electron chi connectivity index (χ1n) is 5.00. The van der Waals surface area contributed by atoms with E-state index in [1.165, 1.54) is 6.08 Å². The lowest BCUT2D eigenvalue weighted by Gasteiger charge is -2.02. The number of carbonyl (C=O) groups excluding carboxylic acids is 1. The third-order valence-corrected chi connectivity index (χ3v) is 2.05. The van der Waals surface area contributed by atoms with Crippen molar-refractivity contribution in [3.8, 4) is 0 Å². The fourth-order valence-electron chi connectivity index (χ4n) is 1.14. The van der Waals surface area contributed by atoms with E-state index in [1.54, 1.807) is 24.3 Å². The Bertz CT molecular complexity index is 407. The van der Waals surface area contributed by atoms with Crippen LogP contribution in [0.2, 0.25) is 0 Å². The molecule has 0 heterocycles. The van der Waals surface area contributed by atoms with E-state index in [1.807, 2.05) is 0 Å². The van der Waals surface area contributed by atoms with Gasteiger partial charge in [-0.15, -0.1) is 0 Å². The highest BCUT2D eigenvalue weighted by molar-refractivity contribution is 5.93. The number of anilines is 1. The second kappa shape index (κ2) is 5.52.